The first-order chi connectivity index (χ1) is 9.02. The van der Waals surface area contributed by atoms with E-state index in [0.717, 1.165) is 34.5 Å². The summed E-state index contributed by atoms with van der Waals surface area (Å²) >= 11 is 3.64. The van der Waals surface area contributed by atoms with Gasteiger partial charge in [0, 0.05) is 25.5 Å². The fraction of sp³-hybridized carbons (Fsp3) is 0.357. The van der Waals surface area contributed by atoms with Gasteiger partial charge in [-0.25, -0.2) is 0 Å². The van der Waals surface area contributed by atoms with Crippen LogP contribution in [0.4, 0.5) is 11.4 Å². The van der Waals surface area contributed by atoms with E-state index in [1.807, 2.05) is 29.9 Å². The molecular formula is C14H19BrN4. The number of aryl methyl sites for hydroxylation is 2. The van der Waals surface area contributed by atoms with Gasteiger partial charge in [0.05, 0.1) is 22.4 Å². The summed E-state index contributed by atoms with van der Waals surface area (Å²) < 4.78 is 3.04. The molecule has 0 amide bonds. The zero-order chi connectivity index (χ0) is 14.0. The molecule has 0 aliphatic rings. The Morgan fingerprint density at radius 1 is 1.42 bits per heavy atom. The zero-order valence-electron chi connectivity index (χ0n) is 11.5. The van der Waals surface area contributed by atoms with Crippen LogP contribution in [0.1, 0.15) is 18.3 Å². The standard InChI is InChI=1S/C14H19BrN4/c1-4-12-14(15)13(19(3)17-12)9-18(2)11-7-5-6-10(16)8-11/h5-8H,4,9,16H2,1-3H3. The molecule has 0 spiro atoms. The second-order valence-electron chi connectivity index (χ2n) is 4.64. The molecule has 1 heterocycles. The van der Waals surface area contributed by atoms with Gasteiger partial charge in [-0.05, 0) is 40.5 Å². The normalized spacial score (nSPS) is 10.7. The molecule has 19 heavy (non-hydrogen) atoms. The van der Waals surface area contributed by atoms with Crippen molar-refractivity contribution in [1.82, 2.24) is 9.78 Å². The van der Waals surface area contributed by atoms with Gasteiger partial charge in [-0.1, -0.05) is 13.0 Å². The lowest BCUT2D eigenvalue weighted by Crippen LogP contribution is -2.18. The fourth-order valence-electron chi connectivity index (χ4n) is 2.07. The van der Waals surface area contributed by atoms with Crippen LogP contribution in [0.2, 0.25) is 0 Å². The monoisotopic (exact) mass is 322 g/mol. The van der Waals surface area contributed by atoms with Crippen LogP contribution < -0.4 is 10.6 Å². The van der Waals surface area contributed by atoms with Crippen molar-refractivity contribution in [3.05, 3.63) is 40.1 Å². The maximum Gasteiger partial charge on any atom is 0.0767 e. The third kappa shape index (κ3) is 2.92. The number of nitrogens with two attached hydrogens (primary N) is 1. The second-order valence-corrected chi connectivity index (χ2v) is 5.43. The minimum Gasteiger partial charge on any atom is -0.399 e. The molecule has 0 unspecified atom stereocenters. The van der Waals surface area contributed by atoms with Crippen LogP contribution in [0.15, 0.2) is 28.7 Å². The highest BCUT2D eigenvalue weighted by atomic mass is 79.9. The van der Waals surface area contributed by atoms with Gasteiger partial charge >= 0.3 is 0 Å². The molecule has 2 aromatic rings. The molecule has 0 aliphatic heterocycles. The summed E-state index contributed by atoms with van der Waals surface area (Å²) in [7, 11) is 4.03. The van der Waals surface area contributed by atoms with E-state index in [1.54, 1.807) is 0 Å². The summed E-state index contributed by atoms with van der Waals surface area (Å²) in [6, 6.07) is 7.90. The Labute approximate surface area is 122 Å². The predicted molar refractivity (Wildman–Crippen MR) is 83.2 cm³/mol. The summed E-state index contributed by atoms with van der Waals surface area (Å²) in [6.45, 7) is 2.89. The predicted octanol–water partition coefficient (Wildman–Crippen LogP) is 2.96. The van der Waals surface area contributed by atoms with Crippen molar-refractivity contribution in [2.24, 2.45) is 7.05 Å². The number of aromatic nitrogens is 2. The van der Waals surface area contributed by atoms with E-state index in [2.05, 4.69) is 46.0 Å². The number of nitrogen functional groups attached to an aromatic ring is 1. The van der Waals surface area contributed by atoms with Gasteiger partial charge in [-0.2, -0.15) is 5.10 Å². The molecule has 0 aliphatic carbocycles. The van der Waals surface area contributed by atoms with E-state index >= 15 is 0 Å². The first kappa shape index (κ1) is 13.9. The molecule has 1 aromatic carbocycles. The van der Waals surface area contributed by atoms with E-state index in [0.29, 0.717) is 0 Å². The van der Waals surface area contributed by atoms with Crippen molar-refractivity contribution in [2.75, 3.05) is 17.7 Å². The largest absolute Gasteiger partial charge is 0.399 e. The van der Waals surface area contributed by atoms with Crippen molar-refractivity contribution in [2.45, 2.75) is 19.9 Å². The van der Waals surface area contributed by atoms with Gasteiger partial charge < -0.3 is 10.6 Å². The van der Waals surface area contributed by atoms with Crippen molar-refractivity contribution in [3.63, 3.8) is 0 Å². The average molecular weight is 323 g/mol. The van der Waals surface area contributed by atoms with E-state index in [-0.39, 0.29) is 0 Å². The highest BCUT2D eigenvalue weighted by Gasteiger charge is 2.14. The highest BCUT2D eigenvalue weighted by molar-refractivity contribution is 9.10. The highest BCUT2D eigenvalue weighted by Crippen LogP contribution is 2.25. The molecule has 5 heteroatoms. The van der Waals surface area contributed by atoms with Gasteiger partial charge in [0.2, 0.25) is 0 Å². The van der Waals surface area contributed by atoms with Crippen LogP contribution in [-0.4, -0.2) is 16.8 Å². The SMILES string of the molecule is CCc1nn(C)c(CN(C)c2cccc(N)c2)c1Br. The first-order valence-corrected chi connectivity index (χ1v) is 7.09. The van der Waals surface area contributed by atoms with Crippen LogP contribution >= 0.6 is 15.9 Å². The smallest absolute Gasteiger partial charge is 0.0767 e. The number of nitrogens with zero attached hydrogens (tertiary/aromatic N) is 3. The Morgan fingerprint density at radius 2 is 2.16 bits per heavy atom. The minimum atomic E-state index is 0.780. The quantitative estimate of drug-likeness (QED) is 0.880. The maximum atomic E-state index is 5.82. The minimum absolute atomic E-state index is 0.780. The summed E-state index contributed by atoms with van der Waals surface area (Å²) in [5.74, 6) is 0. The zero-order valence-corrected chi connectivity index (χ0v) is 13.1. The molecule has 4 nitrogen and oxygen atoms in total. The lowest BCUT2D eigenvalue weighted by Gasteiger charge is -2.20. The number of hydrogen-bond acceptors (Lipinski definition) is 3. The second kappa shape index (κ2) is 5.65. The van der Waals surface area contributed by atoms with Gasteiger partial charge in [0.1, 0.15) is 0 Å². The van der Waals surface area contributed by atoms with Crippen molar-refractivity contribution < 1.29 is 0 Å². The van der Waals surface area contributed by atoms with Crippen molar-refractivity contribution in [1.29, 1.82) is 0 Å². The van der Waals surface area contributed by atoms with E-state index in [1.165, 1.54) is 5.69 Å². The van der Waals surface area contributed by atoms with Gasteiger partial charge in [-0.3, -0.25) is 4.68 Å². The summed E-state index contributed by atoms with van der Waals surface area (Å²) in [5.41, 5.74) is 9.97. The van der Waals surface area contributed by atoms with E-state index in [9.17, 15) is 0 Å². The van der Waals surface area contributed by atoms with Gasteiger partial charge in [-0.15, -0.1) is 0 Å². The molecular weight excluding hydrogens is 304 g/mol. The first-order valence-electron chi connectivity index (χ1n) is 6.29. The molecule has 1 aromatic heterocycles. The van der Waals surface area contributed by atoms with Gasteiger partial charge in [0.25, 0.3) is 0 Å². The number of rotatable bonds is 4. The lowest BCUT2D eigenvalue weighted by atomic mass is 10.2. The van der Waals surface area contributed by atoms with E-state index in [4.69, 9.17) is 5.73 Å². The van der Waals surface area contributed by atoms with Crippen LogP contribution in [0, 0.1) is 0 Å². The molecule has 0 saturated carbocycles. The molecule has 0 fully saturated rings. The average Bonchev–Trinajstić information content (AvgIpc) is 2.66. The van der Waals surface area contributed by atoms with Crippen molar-refractivity contribution >= 4 is 27.3 Å². The topological polar surface area (TPSA) is 47.1 Å². The summed E-state index contributed by atoms with van der Waals surface area (Å²) in [4.78, 5) is 2.16. The van der Waals surface area contributed by atoms with Crippen LogP contribution in [0.25, 0.3) is 0 Å². The van der Waals surface area contributed by atoms with Crippen LogP contribution in [0.3, 0.4) is 0 Å². The summed E-state index contributed by atoms with van der Waals surface area (Å²) in [6.07, 6.45) is 0.927. The lowest BCUT2D eigenvalue weighted by molar-refractivity contribution is 0.688. The third-order valence-corrected chi connectivity index (χ3v) is 4.12. The number of hydrogen-bond donors (Lipinski definition) is 1. The number of benzene rings is 1. The molecule has 102 valence electrons. The van der Waals surface area contributed by atoms with Crippen LogP contribution in [-0.2, 0) is 20.0 Å². The van der Waals surface area contributed by atoms with E-state index < -0.39 is 0 Å². The summed E-state index contributed by atoms with van der Waals surface area (Å²) in [5, 5.41) is 4.51. The van der Waals surface area contributed by atoms with Crippen molar-refractivity contribution in [3.8, 4) is 0 Å². The number of halogens is 1. The molecule has 0 atom stereocenters. The Balaban J connectivity index is 2.24. The number of anilines is 2. The molecule has 0 bridgehead atoms. The molecule has 2 N–H and O–H groups in total. The Morgan fingerprint density at radius 3 is 2.74 bits per heavy atom. The Bertz CT molecular complexity index is 577. The Hall–Kier alpha value is -1.49. The van der Waals surface area contributed by atoms with Gasteiger partial charge in [0.15, 0.2) is 0 Å². The fourth-order valence-corrected chi connectivity index (χ4v) is 2.81. The van der Waals surface area contributed by atoms with Crippen LogP contribution in [0.5, 0.6) is 0 Å². The molecule has 0 radical (unpaired) electrons. The Kier molecular flexibility index (Phi) is 4.14. The third-order valence-electron chi connectivity index (χ3n) is 3.20. The molecule has 2 rings (SSSR count). The maximum absolute atomic E-state index is 5.82. The molecule has 0 saturated heterocycles.